The second-order valence-corrected chi connectivity index (χ2v) is 4.32. The predicted molar refractivity (Wildman–Crippen MR) is 66.4 cm³/mol. The fourth-order valence-corrected chi connectivity index (χ4v) is 2.02. The van der Waals surface area contributed by atoms with Crippen LogP contribution in [0, 0.1) is 6.92 Å². The van der Waals surface area contributed by atoms with E-state index in [2.05, 4.69) is 29.3 Å². The van der Waals surface area contributed by atoms with E-state index in [1.165, 1.54) is 18.4 Å². The van der Waals surface area contributed by atoms with Crippen molar-refractivity contribution in [1.29, 1.82) is 0 Å². The van der Waals surface area contributed by atoms with Crippen molar-refractivity contribution in [1.82, 2.24) is 9.38 Å². The van der Waals surface area contributed by atoms with E-state index in [0.29, 0.717) is 0 Å². The number of pyridine rings is 1. The van der Waals surface area contributed by atoms with Gasteiger partial charge < -0.3 is 10.1 Å². The van der Waals surface area contributed by atoms with Gasteiger partial charge in [-0.1, -0.05) is 25.8 Å². The van der Waals surface area contributed by atoms with Crippen molar-refractivity contribution < 1.29 is 0 Å². The van der Waals surface area contributed by atoms with Crippen molar-refractivity contribution >= 4 is 5.65 Å². The normalized spacial score (nSPS) is 13.2. The van der Waals surface area contributed by atoms with Crippen LogP contribution in [0.5, 0.6) is 0 Å². The Balaban J connectivity index is 2.34. The molecule has 0 spiro atoms. The third-order valence-corrected chi connectivity index (χ3v) is 3.01. The Labute approximate surface area is 96.3 Å². The minimum atomic E-state index is 0.0942. The van der Waals surface area contributed by atoms with Gasteiger partial charge in [0, 0.05) is 12.2 Å². The van der Waals surface area contributed by atoms with Gasteiger partial charge in [-0.15, -0.1) is 0 Å². The SMILES string of the molecule is CCCC[C@@H](N)c1cnc2c(C)cccn12. The van der Waals surface area contributed by atoms with E-state index in [9.17, 15) is 0 Å². The van der Waals surface area contributed by atoms with E-state index in [0.717, 1.165) is 17.8 Å². The Hall–Kier alpha value is -1.35. The molecule has 0 radical (unpaired) electrons. The number of nitrogens with zero attached hydrogens (tertiary/aromatic N) is 2. The molecule has 2 aromatic rings. The molecule has 2 aromatic heterocycles. The summed E-state index contributed by atoms with van der Waals surface area (Å²) in [5, 5.41) is 0. The average molecular weight is 217 g/mol. The highest BCUT2D eigenvalue weighted by atomic mass is 15.0. The van der Waals surface area contributed by atoms with Gasteiger partial charge in [0.25, 0.3) is 0 Å². The van der Waals surface area contributed by atoms with Crippen molar-refractivity contribution in [3.63, 3.8) is 0 Å². The molecule has 2 N–H and O–H groups in total. The van der Waals surface area contributed by atoms with E-state index in [4.69, 9.17) is 5.73 Å². The zero-order valence-electron chi connectivity index (χ0n) is 9.98. The fraction of sp³-hybridized carbons (Fsp3) is 0.462. The van der Waals surface area contributed by atoms with Crippen LogP contribution in [0.1, 0.15) is 43.5 Å². The number of aromatic nitrogens is 2. The molecule has 0 aliphatic carbocycles. The standard InChI is InChI=1S/C13H19N3/c1-3-4-7-11(14)12-9-15-13-10(2)6-5-8-16(12)13/h5-6,8-9,11H,3-4,7,14H2,1-2H3/t11-/m1/s1. The number of aryl methyl sites for hydroxylation is 1. The maximum Gasteiger partial charge on any atom is 0.139 e. The van der Waals surface area contributed by atoms with E-state index >= 15 is 0 Å². The Morgan fingerprint density at radius 3 is 3.06 bits per heavy atom. The van der Waals surface area contributed by atoms with Crippen molar-refractivity contribution in [2.45, 2.75) is 39.2 Å². The molecule has 0 amide bonds. The zero-order chi connectivity index (χ0) is 11.5. The molecule has 1 atom stereocenters. The molecule has 16 heavy (non-hydrogen) atoms. The summed E-state index contributed by atoms with van der Waals surface area (Å²) in [6.07, 6.45) is 7.32. The van der Waals surface area contributed by atoms with Crippen LogP contribution in [-0.4, -0.2) is 9.38 Å². The van der Waals surface area contributed by atoms with E-state index in [-0.39, 0.29) is 6.04 Å². The first-order valence-corrected chi connectivity index (χ1v) is 5.92. The van der Waals surface area contributed by atoms with Gasteiger partial charge in [-0.25, -0.2) is 4.98 Å². The van der Waals surface area contributed by atoms with E-state index in [1.54, 1.807) is 0 Å². The maximum atomic E-state index is 6.18. The summed E-state index contributed by atoms with van der Waals surface area (Å²) in [7, 11) is 0. The molecule has 0 saturated heterocycles. The molecular formula is C13H19N3. The first kappa shape index (κ1) is 11.1. The van der Waals surface area contributed by atoms with Crippen LogP contribution < -0.4 is 5.73 Å². The second kappa shape index (κ2) is 4.66. The Kier molecular flexibility index (Phi) is 3.25. The van der Waals surface area contributed by atoms with Gasteiger partial charge in [-0.2, -0.15) is 0 Å². The third-order valence-electron chi connectivity index (χ3n) is 3.01. The van der Waals surface area contributed by atoms with Gasteiger partial charge in [0.2, 0.25) is 0 Å². The smallest absolute Gasteiger partial charge is 0.139 e. The van der Waals surface area contributed by atoms with Gasteiger partial charge in [0.15, 0.2) is 0 Å². The van der Waals surface area contributed by atoms with Crippen molar-refractivity contribution in [3.05, 3.63) is 35.8 Å². The predicted octanol–water partition coefficient (Wildman–Crippen LogP) is 2.83. The van der Waals surface area contributed by atoms with Gasteiger partial charge in [-0.3, -0.25) is 0 Å². The number of hydrogen-bond acceptors (Lipinski definition) is 2. The van der Waals surface area contributed by atoms with Gasteiger partial charge in [-0.05, 0) is 25.0 Å². The minimum Gasteiger partial charge on any atom is -0.323 e. The quantitative estimate of drug-likeness (QED) is 0.855. The van der Waals surface area contributed by atoms with Crippen LogP contribution in [0.4, 0.5) is 0 Å². The molecule has 3 heteroatoms. The molecule has 0 unspecified atom stereocenters. The first-order chi connectivity index (χ1) is 7.74. The zero-order valence-corrected chi connectivity index (χ0v) is 9.98. The third kappa shape index (κ3) is 1.95. The lowest BCUT2D eigenvalue weighted by Gasteiger charge is -2.10. The molecular weight excluding hydrogens is 198 g/mol. The summed E-state index contributed by atoms with van der Waals surface area (Å²) < 4.78 is 2.11. The molecule has 3 nitrogen and oxygen atoms in total. The molecule has 2 rings (SSSR count). The van der Waals surface area contributed by atoms with Gasteiger partial charge in [0.05, 0.1) is 11.9 Å². The average Bonchev–Trinajstić information content (AvgIpc) is 2.71. The molecule has 0 aromatic carbocycles. The molecule has 0 fully saturated rings. The highest BCUT2D eigenvalue weighted by Gasteiger charge is 2.11. The number of rotatable bonds is 4. The van der Waals surface area contributed by atoms with Gasteiger partial charge >= 0.3 is 0 Å². The van der Waals surface area contributed by atoms with Crippen LogP contribution >= 0.6 is 0 Å². The second-order valence-electron chi connectivity index (χ2n) is 4.32. The van der Waals surface area contributed by atoms with Crippen LogP contribution in [0.3, 0.4) is 0 Å². The summed E-state index contributed by atoms with van der Waals surface area (Å²) in [6.45, 7) is 4.26. The van der Waals surface area contributed by atoms with Crippen molar-refractivity contribution in [2.24, 2.45) is 5.73 Å². The molecule has 2 heterocycles. The number of unbranched alkanes of at least 4 members (excludes halogenated alkanes) is 1. The largest absolute Gasteiger partial charge is 0.323 e. The highest BCUT2D eigenvalue weighted by molar-refractivity contribution is 5.48. The van der Waals surface area contributed by atoms with Crippen LogP contribution in [0.15, 0.2) is 24.5 Å². The summed E-state index contributed by atoms with van der Waals surface area (Å²) in [5.41, 5.74) is 9.51. The molecule has 86 valence electrons. The van der Waals surface area contributed by atoms with Crippen molar-refractivity contribution in [2.75, 3.05) is 0 Å². The minimum absolute atomic E-state index is 0.0942. The number of hydrogen-bond donors (Lipinski definition) is 1. The highest BCUT2D eigenvalue weighted by Crippen LogP contribution is 2.19. The Morgan fingerprint density at radius 2 is 2.31 bits per heavy atom. The number of nitrogens with two attached hydrogens (primary N) is 1. The summed E-state index contributed by atoms with van der Waals surface area (Å²) in [6, 6.07) is 4.21. The number of fused-ring (bicyclic) bond motifs is 1. The monoisotopic (exact) mass is 217 g/mol. The first-order valence-electron chi connectivity index (χ1n) is 5.92. The molecule has 0 aliphatic heterocycles. The van der Waals surface area contributed by atoms with Crippen molar-refractivity contribution in [3.8, 4) is 0 Å². The summed E-state index contributed by atoms with van der Waals surface area (Å²) in [5.74, 6) is 0. The lowest BCUT2D eigenvalue weighted by molar-refractivity contribution is 0.587. The summed E-state index contributed by atoms with van der Waals surface area (Å²) >= 11 is 0. The summed E-state index contributed by atoms with van der Waals surface area (Å²) in [4.78, 5) is 4.43. The van der Waals surface area contributed by atoms with Crippen LogP contribution in [0.2, 0.25) is 0 Å². The Bertz CT molecular complexity index is 473. The molecule has 0 saturated carbocycles. The lowest BCUT2D eigenvalue weighted by Crippen LogP contribution is -2.12. The van der Waals surface area contributed by atoms with Gasteiger partial charge in [0.1, 0.15) is 5.65 Å². The fourth-order valence-electron chi connectivity index (χ4n) is 2.02. The number of imidazole rings is 1. The van der Waals surface area contributed by atoms with E-state index in [1.807, 2.05) is 18.5 Å². The molecule has 0 bridgehead atoms. The Morgan fingerprint density at radius 1 is 1.50 bits per heavy atom. The van der Waals surface area contributed by atoms with E-state index < -0.39 is 0 Å². The lowest BCUT2D eigenvalue weighted by atomic mass is 10.1. The van der Waals surface area contributed by atoms with Crippen LogP contribution in [-0.2, 0) is 0 Å². The maximum absolute atomic E-state index is 6.18. The molecule has 0 aliphatic rings. The van der Waals surface area contributed by atoms with Crippen LogP contribution in [0.25, 0.3) is 5.65 Å². The topological polar surface area (TPSA) is 43.3 Å².